The molecule has 1 saturated heterocycles. The third-order valence-electron chi connectivity index (χ3n) is 3.16. The van der Waals surface area contributed by atoms with Crippen molar-refractivity contribution < 1.29 is 13.9 Å². The van der Waals surface area contributed by atoms with Crippen molar-refractivity contribution in [3.05, 3.63) is 5.89 Å². The van der Waals surface area contributed by atoms with E-state index in [4.69, 9.17) is 9.15 Å². The van der Waals surface area contributed by atoms with Crippen LogP contribution in [-0.2, 0) is 16.1 Å². The molecular weight excluding hydrogens is 262 g/mol. The molecule has 1 fully saturated rings. The van der Waals surface area contributed by atoms with E-state index >= 15 is 0 Å². The standard InChI is InChI=1S/C12H21N5O3/c1-16-5-3-6-17(9-11(16)18)12-15-14-10(20-12)8-13-4-7-19-2/h13H,3-9H2,1-2H3. The zero-order valence-corrected chi connectivity index (χ0v) is 12.0. The van der Waals surface area contributed by atoms with Gasteiger partial charge >= 0.3 is 6.01 Å². The molecule has 2 rings (SSSR count). The van der Waals surface area contributed by atoms with E-state index < -0.39 is 0 Å². The number of ether oxygens (including phenoxy) is 1. The monoisotopic (exact) mass is 283 g/mol. The highest BCUT2D eigenvalue weighted by Gasteiger charge is 2.22. The van der Waals surface area contributed by atoms with Gasteiger partial charge in [0.1, 0.15) is 6.54 Å². The predicted octanol–water partition coefficient (Wildman–Crippen LogP) is -0.526. The number of nitrogens with one attached hydrogen (secondary N) is 1. The Labute approximate surface area is 118 Å². The van der Waals surface area contributed by atoms with Crippen LogP contribution in [0.3, 0.4) is 0 Å². The minimum Gasteiger partial charge on any atom is -0.407 e. The molecule has 0 bridgehead atoms. The van der Waals surface area contributed by atoms with E-state index in [2.05, 4.69) is 15.5 Å². The fraction of sp³-hybridized carbons (Fsp3) is 0.750. The van der Waals surface area contributed by atoms with Crippen molar-refractivity contribution >= 4 is 11.9 Å². The highest BCUT2D eigenvalue weighted by Crippen LogP contribution is 2.14. The zero-order chi connectivity index (χ0) is 14.4. The van der Waals surface area contributed by atoms with Gasteiger partial charge in [0.05, 0.1) is 13.2 Å². The molecule has 0 unspecified atom stereocenters. The number of hydrogen-bond acceptors (Lipinski definition) is 7. The molecule has 0 aromatic carbocycles. The maximum atomic E-state index is 11.8. The van der Waals surface area contributed by atoms with E-state index in [-0.39, 0.29) is 12.5 Å². The van der Waals surface area contributed by atoms with Gasteiger partial charge in [-0.2, -0.15) is 0 Å². The number of methoxy groups -OCH3 is 1. The third-order valence-corrected chi connectivity index (χ3v) is 3.16. The second kappa shape index (κ2) is 7.20. The smallest absolute Gasteiger partial charge is 0.318 e. The van der Waals surface area contributed by atoms with Gasteiger partial charge in [0.15, 0.2) is 0 Å². The van der Waals surface area contributed by atoms with Crippen LogP contribution in [-0.4, -0.2) is 67.9 Å². The number of carbonyl (C=O) groups is 1. The number of carbonyl (C=O) groups excluding carboxylic acids is 1. The lowest BCUT2D eigenvalue weighted by atomic mass is 10.4. The molecule has 1 aliphatic rings. The first-order valence-corrected chi connectivity index (χ1v) is 6.71. The molecule has 8 nitrogen and oxygen atoms in total. The molecule has 1 N–H and O–H groups in total. The van der Waals surface area contributed by atoms with Gasteiger partial charge < -0.3 is 24.3 Å². The summed E-state index contributed by atoms with van der Waals surface area (Å²) in [5.41, 5.74) is 0. The van der Waals surface area contributed by atoms with Crippen molar-refractivity contribution in [3.8, 4) is 0 Å². The molecule has 0 aliphatic carbocycles. The lowest BCUT2D eigenvalue weighted by molar-refractivity contribution is -0.127. The normalized spacial score (nSPS) is 16.6. The predicted molar refractivity (Wildman–Crippen MR) is 72.3 cm³/mol. The van der Waals surface area contributed by atoms with Crippen LogP contribution in [0, 0.1) is 0 Å². The Bertz CT molecular complexity index is 436. The number of hydrogen-bond donors (Lipinski definition) is 1. The maximum absolute atomic E-state index is 11.8. The number of aromatic nitrogens is 2. The molecule has 1 amide bonds. The Balaban J connectivity index is 1.89. The minimum absolute atomic E-state index is 0.0699. The summed E-state index contributed by atoms with van der Waals surface area (Å²) >= 11 is 0. The van der Waals surface area contributed by atoms with Gasteiger partial charge in [-0.05, 0) is 6.42 Å². The van der Waals surface area contributed by atoms with Crippen molar-refractivity contribution in [1.29, 1.82) is 0 Å². The van der Waals surface area contributed by atoms with Gasteiger partial charge in [0.25, 0.3) is 0 Å². The van der Waals surface area contributed by atoms with Gasteiger partial charge in [-0.15, -0.1) is 5.10 Å². The van der Waals surface area contributed by atoms with Gasteiger partial charge in [0.2, 0.25) is 11.8 Å². The first kappa shape index (κ1) is 14.7. The lowest BCUT2D eigenvalue weighted by Crippen LogP contribution is -2.34. The fourth-order valence-corrected chi connectivity index (χ4v) is 1.96. The van der Waals surface area contributed by atoms with Crippen LogP contribution >= 0.6 is 0 Å². The van der Waals surface area contributed by atoms with E-state index in [0.29, 0.717) is 25.1 Å². The second-order valence-electron chi connectivity index (χ2n) is 4.74. The van der Waals surface area contributed by atoms with Crippen molar-refractivity contribution in [2.45, 2.75) is 13.0 Å². The third kappa shape index (κ3) is 3.91. The summed E-state index contributed by atoms with van der Waals surface area (Å²) in [7, 11) is 3.46. The van der Waals surface area contributed by atoms with E-state index in [1.807, 2.05) is 11.9 Å². The van der Waals surface area contributed by atoms with Crippen LogP contribution in [0.25, 0.3) is 0 Å². The maximum Gasteiger partial charge on any atom is 0.318 e. The van der Waals surface area contributed by atoms with Gasteiger partial charge in [0, 0.05) is 33.8 Å². The molecule has 0 spiro atoms. The molecule has 1 aromatic heterocycles. The molecule has 1 aromatic rings. The minimum atomic E-state index is 0.0699. The van der Waals surface area contributed by atoms with E-state index in [9.17, 15) is 4.79 Å². The van der Waals surface area contributed by atoms with E-state index in [0.717, 1.165) is 26.1 Å². The van der Waals surface area contributed by atoms with E-state index in [1.165, 1.54) is 0 Å². The Morgan fingerprint density at radius 1 is 1.40 bits per heavy atom. The molecule has 20 heavy (non-hydrogen) atoms. The first-order valence-electron chi connectivity index (χ1n) is 6.71. The van der Waals surface area contributed by atoms with Gasteiger partial charge in [-0.25, -0.2) is 0 Å². The lowest BCUT2D eigenvalue weighted by Gasteiger charge is -2.16. The first-order chi connectivity index (χ1) is 9.70. The summed E-state index contributed by atoms with van der Waals surface area (Å²) in [5, 5.41) is 11.1. The van der Waals surface area contributed by atoms with Crippen molar-refractivity contribution in [2.75, 3.05) is 51.8 Å². The Morgan fingerprint density at radius 2 is 2.25 bits per heavy atom. The molecule has 112 valence electrons. The summed E-state index contributed by atoms with van der Waals surface area (Å²) < 4.78 is 10.5. The van der Waals surface area contributed by atoms with Crippen molar-refractivity contribution in [2.24, 2.45) is 0 Å². The molecule has 0 saturated carbocycles. The van der Waals surface area contributed by atoms with E-state index in [1.54, 1.807) is 12.0 Å². The molecule has 2 heterocycles. The average molecular weight is 283 g/mol. The van der Waals surface area contributed by atoms with Crippen molar-refractivity contribution in [3.63, 3.8) is 0 Å². The molecule has 0 atom stereocenters. The SMILES string of the molecule is COCCNCc1nnc(N2CCCN(C)C(=O)C2)o1. The van der Waals surface area contributed by atoms with Crippen molar-refractivity contribution in [1.82, 2.24) is 20.4 Å². The number of nitrogens with zero attached hydrogens (tertiary/aromatic N) is 4. The summed E-state index contributed by atoms with van der Waals surface area (Å²) in [6, 6.07) is 0.414. The second-order valence-corrected chi connectivity index (χ2v) is 4.74. The van der Waals surface area contributed by atoms with Crippen LogP contribution in [0.15, 0.2) is 4.42 Å². The van der Waals surface area contributed by atoms with Crippen LogP contribution in [0.2, 0.25) is 0 Å². The molecule has 8 heteroatoms. The van der Waals surface area contributed by atoms with Gasteiger partial charge in [-0.3, -0.25) is 4.79 Å². The number of rotatable bonds is 6. The fourth-order valence-electron chi connectivity index (χ4n) is 1.96. The highest BCUT2D eigenvalue weighted by atomic mass is 16.5. The quantitative estimate of drug-likeness (QED) is 0.703. The largest absolute Gasteiger partial charge is 0.407 e. The number of anilines is 1. The summed E-state index contributed by atoms with van der Waals surface area (Å²) in [5.74, 6) is 0.585. The summed E-state index contributed by atoms with van der Waals surface area (Å²) in [6.07, 6.45) is 0.895. The average Bonchev–Trinajstić information content (AvgIpc) is 2.84. The highest BCUT2D eigenvalue weighted by molar-refractivity contribution is 5.80. The topological polar surface area (TPSA) is 83.7 Å². The molecule has 1 aliphatic heterocycles. The Hall–Kier alpha value is -1.67. The van der Waals surface area contributed by atoms with Crippen LogP contribution in [0.1, 0.15) is 12.3 Å². The zero-order valence-electron chi connectivity index (χ0n) is 12.0. The molecule has 0 radical (unpaired) electrons. The Kier molecular flexibility index (Phi) is 5.31. The summed E-state index contributed by atoms with van der Waals surface area (Å²) in [6.45, 7) is 3.65. The van der Waals surface area contributed by atoms with Gasteiger partial charge in [-0.1, -0.05) is 5.10 Å². The van der Waals surface area contributed by atoms with Crippen LogP contribution in [0.5, 0.6) is 0 Å². The van der Waals surface area contributed by atoms with Crippen LogP contribution in [0.4, 0.5) is 6.01 Å². The summed E-state index contributed by atoms with van der Waals surface area (Å²) in [4.78, 5) is 15.4. The number of likely N-dealkylation sites (N-methyl/N-ethyl adjacent to an activating group) is 1. The Morgan fingerprint density at radius 3 is 3.05 bits per heavy atom. The number of amides is 1. The molecular formula is C12H21N5O3. The van der Waals surface area contributed by atoms with Crippen LogP contribution < -0.4 is 10.2 Å².